The highest BCUT2D eigenvalue weighted by Crippen LogP contribution is 2.25. The second kappa shape index (κ2) is 11.0. The Labute approximate surface area is 170 Å². The monoisotopic (exact) mass is 436 g/mol. The Hall–Kier alpha value is 0.411. The first-order valence-corrected chi connectivity index (χ1v) is 19.7. The highest BCUT2D eigenvalue weighted by molar-refractivity contribution is 6.87. The van der Waals surface area contributed by atoms with Crippen molar-refractivity contribution in [3.63, 3.8) is 0 Å². The van der Waals surface area contributed by atoms with E-state index in [-0.39, 0.29) is 0 Å². The first-order valence-electron chi connectivity index (χ1n) is 10.4. The lowest BCUT2D eigenvalue weighted by Crippen LogP contribution is -2.52. The third-order valence-corrected chi connectivity index (χ3v) is 14.0. The average molecular weight is 437 g/mol. The van der Waals surface area contributed by atoms with Gasteiger partial charge in [0.2, 0.25) is 0 Å². The topological polar surface area (TPSA) is 54.4 Å². The number of aliphatic hydroxyl groups excluding tert-OH is 1. The lowest BCUT2D eigenvalue weighted by atomic mass is 10.3. The normalized spacial score (nSPS) is 19.4. The van der Waals surface area contributed by atoms with Gasteiger partial charge in [-0.3, -0.25) is 4.90 Å². The molecule has 1 fully saturated rings. The third-order valence-electron chi connectivity index (χ3n) is 4.34. The first-order chi connectivity index (χ1) is 12.3. The summed E-state index contributed by atoms with van der Waals surface area (Å²) in [6, 6.07) is 0.954. The van der Waals surface area contributed by atoms with Crippen molar-refractivity contribution in [1.29, 1.82) is 0 Å². The summed E-state index contributed by atoms with van der Waals surface area (Å²) in [5.41, 5.74) is 0. The molecule has 1 rings (SSSR count). The zero-order valence-electron chi connectivity index (χ0n) is 19.0. The van der Waals surface area contributed by atoms with Crippen molar-refractivity contribution in [2.75, 3.05) is 53.0 Å². The summed E-state index contributed by atoms with van der Waals surface area (Å²) in [6.07, 6.45) is 0.521. The number of β-amino-alcohol motifs (C(OH)–C–C–N with tert-alkyl or cyclic N) is 1. The molecule has 1 N–H and O–H groups in total. The molecule has 0 bridgehead atoms. The Kier molecular flexibility index (Phi) is 10.3. The molecule has 1 aliphatic rings. The zero-order chi connectivity index (χ0) is 20.7. The van der Waals surface area contributed by atoms with Gasteiger partial charge in [0.05, 0.1) is 12.7 Å². The molecule has 0 spiro atoms. The number of aliphatic hydroxyl groups is 1. The fourth-order valence-electron chi connectivity index (χ4n) is 3.51. The highest BCUT2D eigenvalue weighted by atomic mass is 28.5. The van der Waals surface area contributed by atoms with Crippen molar-refractivity contribution in [3.8, 4) is 0 Å². The molecule has 0 radical (unpaired) electrons. The van der Waals surface area contributed by atoms with Gasteiger partial charge in [0.15, 0.2) is 16.6 Å². The largest absolute Gasteiger partial charge is 0.437 e. The van der Waals surface area contributed by atoms with Crippen LogP contribution in [-0.2, 0) is 13.0 Å². The van der Waals surface area contributed by atoms with Crippen LogP contribution in [0.4, 0.5) is 0 Å². The molecule has 1 aliphatic heterocycles. The van der Waals surface area contributed by atoms with Crippen LogP contribution in [0.25, 0.3) is 0 Å². The maximum Gasteiger partial charge on any atom is 0.314 e. The van der Waals surface area contributed by atoms with Gasteiger partial charge in [-0.15, -0.1) is 0 Å². The number of rotatable bonds is 12. The predicted octanol–water partition coefficient (Wildman–Crippen LogP) is 2.78. The molecule has 1 saturated heterocycles. The molecule has 162 valence electrons. The van der Waals surface area contributed by atoms with E-state index >= 15 is 0 Å². The summed E-state index contributed by atoms with van der Waals surface area (Å²) in [7, 11) is -3.31. The molecule has 0 saturated carbocycles. The van der Waals surface area contributed by atoms with Crippen LogP contribution in [0.3, 0.4) is 0 Å². The van der Waals surface area contributed by atoms with E-state index in [2.05, 4.69) is 62.7 Å². The van der Waals surface area contributed by atoms with Gasteiger partial charge in [-0.25, -0.2) is 0 Å². The second-order valence-electron chi connectivity index (χ2n) is 10.00. The van der Waals surface area contributed by atoms with Gasteiger partial charge in [-0.05, 0) is 65.3 Å². The molecule has 6 nitrogen and oxygen atoms in total. The summed E-state index contributed by atoms with van der Waals surface area (Å²) in [4.78, 5) is 4.65. The van der Waals surface area contributed by atoms with E-state index in [0.29, 0.717) is 19.8 Å². The zero-order valence-corrected chi connectivity index (χ0v) is 22.0. The van der Waals surface area contributed by atoms with E-state index in [4.69, 9.17) is 13.0 Å². The van der Waals surface area contributed by atoms with E-state index in [0.717, 1.165) is 38.6 Å². The number of nitrogens with zero attached hydrogens (tertiary/aromatic N) is 2. The minimum atomic E-state index is -2.17. The maximum absolute atomic E-state index is 10.2. The number of hydrogen-bond donors (Lipinski definition) is 1. The number of ether oxygens (including phenoxy) is 1. The summed E-state index contributed by atoms with van der Waals surface area (Å²) in [5.74, 6) is 0. The minimum Gasteiger partial charge on any atom is -0.437 e. The van der Waals surface area contributed by atoms with Gasteiger partial charge in [0.25, 0.3) is 0 Å². The van der Waals surface area contributed by atoms with Gasteiger partial charge in [-0.2, -0.15) is 0 Å². The van der Waals surface area contributed by atoms with Crippen molar-refractivity contribution in [3.05, 3.63) is 0 Å². The molecule has 0 aromatic carbocycles. The molecular weight excluding hydrogens is 392 g/mol. The Morgan fingerprint density at radius 3 is 1.89 bits per heavy atom. The van der Waals surface area contributed by atoms with Crippen LogP contribution < -0.4 is 0 Å². The molecule has 1 atom stereocenters. The molecule has 0 aliphatic carbocycles. The molecule has 1 heterocycles. The number of hydrogen-bond acceptors (Lipinski definition) is 6. The van der Waals surface area contributed by atoms with E-state index < -0.39 is 31.3 Å². The van der Waals surface area contributed by atoms with Gasteiger partial charge in [-0.1, -0.05) is 0 Å². The Balaban J connectivity index is 2.30. The average Bonchev–Trinajstić information content (AvgIpc) is 2.45. The molecule has 27 heavy (non-hydrogen) atoms. The minimum absolute atomic E-state index is 0.409. The first kappa shape index (κ1) is 25.4. The molecule has 9 heteroatoms. The Morgan fingerprint density at radius 2 is 1.41 bits per heavy atom. The third kappa shape index (κ3) is 12.6. The van der Waals surface area contributed by atoms with E-state index in [9.17, 15) is 5.11 Å². The van der Waals surface area contributed by atoms with E-state index in [1.165, 1.54) is 0 Å². The summed E-state index contributed by atoms with van der Waals surface area (Å²) in [5, 5.41) is 10.2. The van der Waals surface area contributed by atoms with Gasteiger partial charge < -0.3 is 23.0 Å². The van der Waals surface area contributed by atoms with E-state index in [1.54, 1.807) is 0 Å². The summed E-state index contributed by atoms with van der Waals surface area (Å²) >= 11 is 0. The molecule has 0 aromatic heterocycles. The van der Waals surface area contributed by atoms with Gasteiger partial charge >= 0.3 is 8.56 Å². The molecular formula is C18H44N2O4Si3. The van der Waals surface area contributed by atoms with Crippen LogP contribution in [-0.4, -0.2) is 99.2 Å². The smallest absolute Gasteiger partial charge is 0.314 e. The quantitative estimate of drug-likeness (QED) is 0.375. The van der Waals surface area contributed by atoms with Crippen LogP contribution in [0.15, 0.2) is 0 Å². The predicted molar refractivity (Wildman–Crippen MR) is 121 cm³/mol. The van der Waals surface area contributed by atoms with Crippen molar-refractivity contribution >= 4 is 25.2 Å². The van der Waals surface area contributed by atoms with Crippen LogP contribution in [0.1, 0.15) is 6.42 Å². The molecule has 0 amide bonds. The SMILES string of the molecule is CN1CCN(CC(O)COCCC[Si](C)(O[Si](C)(C)C)O[Si](C)(C)C)CC1. The second-order valence-corrected chi connectivity index (χ2v) is 22.8. The van der Waals surface area contributed by atoms with Gasteiger partial charge in [0.1, 0.15) is 0 Å². The number of piperazine rings is 1. The fraction of sp³-hybridized carbons (Fsp3) is 1.00. The van der Waals surface area contributed by atoms with Crippen LogP contribution in [0, 0.1) is 0 Å². The summed E-state index contributed by atoms with van der Waals surface area (Å²) < 4.78 is 18.8. The van der Waals surface area contributed by atoms with Crippen LogP contribution in [0.5, 0.6) is 0 Å². The summed E-state index contributed by atoms with van der Waals surface area (Å²) in [6.45, 7) is 21.6. The van der Waals surface area contributed by atoms with Crippen molar-refractivity contribution < 1.29 is 18.1 Å². The van der Waals surface area contributed by atoms with Crippen LogP contribution in [0.2, 0.25) is 51.9 Å². The van der Waals surface area contributed by atoms with Crippen molar-refractivity contribution in [2.45, 2.75) is 64.4 Å². The standard InChI is InChI=1S/C18H44N2O4Si3/c1-19-10-12-20(13-11-19)16-18(21)17-22-14-9-15-27(8,23-25(2,3)4)24-26(5,6)7/h18,21H,9-17H2,1-8H3. The molecule has 1 unspecified atom stereocenters. The lowest BCUT2D eigenvalue weighted by molar-refractivity contribution is 0.00887. The number of likely N-dealkylation sites (N-methyl/N-ethyl adjacent to an activating group) is 1. The van der Waals surface area contributed by atoms with E-state index in [1.807, 2.05) is 0 Å². The highest BCUT2D eigenvalue weighted by Gasteiger charge is 2.39. The Morgan fingerprint density at radius 1 is 0.889 bits per heavy atom. The van der Waals surface area contributed by atoms with Gasteiger partial charge in [0, 0.05) is 39.3 Å². The van der Waals surface area contributed by atoms with Crippen molar-refractivity contribution in [1.82, 2.24) is 9.80 Å². The fourth-order valence-corrected chi connectivity index (χ4v) is 16.0. The Bertz CT molecular complexity index is 406. The lowest BCUT2D eigenvalue weighted by Gasteiger charge is -2.38. The van der Waals surface area contributed by atoms with Crippen molar-refractivity contribution in [2.24, 2.45) is 0 Å². The maximum atomic E-state index is 10.2. The molecule has 0 aromatic rings. The van der Waals surface area contributed by atoms with Crippen LogP contribution >= 0.6 is 0 Å².